The number of nitrogens with zero attached hydrogens (tertiary/aromatic N) is 2. The first-order valence-electron chi connectivity index (χ1n) is 6.95. The fraction of sp³-hybridized carbons (Fsp3) is 0.467. The average Bonchev–Trinajstić information content (AvgIpc) is 2.47. The predicted molar refractivity (Wildman–Crippen MR) is 85.7 cm³/mol. The SMILES string of the molecule is CCN(CC)S(=O)(=O)N(C)Cc1ccccc1C#CCN. The Balaban J connectivity index is 3.01. The van der Waals surface area contributed by atoms with Gasteiger partial charge in [-0.05, 0) is 11.6 Å². The third-order valence-corrected chi connectivity index (χ3v) is 5.25. The molecule has 0 unspecified atom stereocenters. The van der Waals surface area contributed by atoms with Gasteiger partial charge in [0.25, 0.3) is 10.2 Å². The van der Waals surface area contributed by atoms with Crippen LogP contribution in [0.2, 0.25) is 0 Å². The van der Waals surface area contributed by atoms with Crippen molar-refractivity contribution in [2.45, 2.75) is 20.4 Å². The Morgan fingerprint density at radius 1 is 1.19 bits per heavy atom. The second kappa shape index (κ2) is 8.15. The van der Waals surface area contributed by atoms with Crippen LogP contribution in [0.15, 0.2) is 24.3 Å². The second-order valence-corrected chi connectivity index (χ2v) is 6.55. The van der Waals surface area contributed by atoms with Crippen LogP contribution in [0.4, 0.5) is 0 Å². The lowest BCUT2D eigenvalue weighted by molar-refractivity contribution is 0.375. The highest BCUT2D eigenvalue weighted by atomic mass is 32.2. The van der Waals surface area contributed by atoms with Crippen molar-refractivity contribution in [2.24, 2.45) is 5.73 Å². The smallest absolute Gasteiger partial charge is 0.282 e. The highest BCUT2D eigenvalue weighted by Crippen LogP contribution is 2.14. The number of benzene rings is 1. The first kappa shape index (κ1) is 17.7. The van der Waals surface area contributed by atoms with Crippen molar-refractivity contribution in [2.75, 3.05) is 26.7 Å². The van der Waals surface area contributed by atoms with Crippen LogP contribution in [0.1, 0.15) is 25.0 Å². The quantitative estimate of drug-likeness (QED) is 0.798. The zero-order chi connectivity index (χ0) is 15.9. The van der Waals surface area contributed by atoms with Gasteiger partial charge in [0.1, 0.15) is 0 Å². The Bertz CT molecular complexity index is 613. The van der Waals surface area contributed by atoms with Gasteiger partial charge in [0.15, 0.2) is 0 Å². The number of hydrogen-bond acceptors (Lipinski definition) is 3. The van der Waals surface area contributed by atoms with E-state index < -0.39 is 10.2 Å². The lowest BCUT2D eigenvalue weighted by Crippen LogP contribution is -2.41. The first-order chi connectivity index (χ1) is 9.97. The lowest BCUT2D eigenvalue weighted by Gasteiger charge is -2.25. The molecule has 0 atom stereocenters. The summed E-state index contributed by atoms with van der Waals surface area (Å²) in [5.74, 6) is 5.78. The van der Waals surface area contributed by atoms with Gasteiger partial charge >= 0.3 is 0 Å². The van der Waals surface area contributed by atoms with E-state index in [4.69, 9.17) is 5.73 Å². The first-order valence-corrected chi connectivity index (χ1v) is 8.35. The zero-order valence-electron chi connectivity index (χ0n) is 12.8. The van der Waals surface area contributed by atoms with Crippen molar-refractivity contribution >= 4 is 10.2 Å². The molecular formula is C15H23N3O2S. The fourth-order valence-electron chi connectivity index (χ4n) is 1.99. The molecule has 1 rings (SSSR count). The van der Waals surface area contributed by atoms with Crippen molar-refractivity contribution in [1.29, 1.82) is 0 Å². The molecule has 0 aliphatic carbocycles. The van der Waals surface area contributed by atoms with Gasteiger partial charge in [0.05, 0.1) is 6.54 Å². The maximum absolute atomic E-state index is 12.4. The largest absolute Gasteiger partial charge is 0.320 e. The molecule has 0 saturated carbocycles. The van der Waals surface area contributed by atoms with Crippen molar-refractivity contribution < 1.29 is 8.42 Å². The molecule has 0 heterocycles. The molecule has 0 spiro atoms. The number of nitrogens with two attached hydrogens (primary N) is 1. The second-order valence-electron chi connectivity index (χ2n) is 4.51. The third-order valence-electron chi connectivity index (χ3n) is 3.16. The van der Waals surface area contributed by atoms with Gasteiger partial charge in [-0.2, -0.15) is 17.0 Å². The molecule has 0 aromatic heterocycles. The molecule has 0 saturated heterocycles. The summed E-state index contributed by atoms with van der Waals surface area (Å²) in [5, 5.41) is 0. The number of rotatable bonds is 6. The minimum atomic E-state index is -3.44. The topological polar surface area (TPSA) is 66.6 Å². The summed E-state index contributed by atoms with van der Waals surface area (Å²) >= 11 is 0. The summed E-state index contributed by atoms with van der Waals surface area (Å²) in [6, 6.07) is 7.51. The van der Waals surface area contributed by atoms with Crippen molar-refractivity contribution in [3.8, 4) is 11.8 Å². The summed E-state index contributed by atoms with van der Waals surface area (Å²) in [5.41, 5.74) is 7.07. The minimum Gasteiger partial charge on any atom is -0.320 e. The van der Waals surface area contributed by atoms with Crippen molar-refractivity contribution in [3.63, 3.8) is 0 Å². The van der Waals surface area contributed by atoms with Crippen LogP contribution in [-0.4, -0.2) is 43.7 Å². The van der Waals surface area contributed by atoms with Gasteiger partial charge in [-0.3, -0.25) is 0 Å². The summed E-state index contributed by atoms with van der Waals surface area (Å²) < 4.78 is 27.6. The molecule has 21 heavy (non-hydrogen) atoms. The normalized spacial score (nSPS) is 11.5. The van der Waals surface area contributed by atoms with E-state index in [9.17, 15) is 8.42 Å². The lowest BCUT2D eigenvalue weighted by atomic mass is 10.1. The van der Waals surface area contributed by atoms with E-state index >= 15 is 0 Å². The summed E-state index contributed by atoms with van der Waals surface area (Å²) in [6.07, 6.45) is 0. The van der Waals surface area contributed by atoms with E-state index in [0.29, 0.717) is 13.1 Å². The van der Waals surface area contributed by atoms with Crippen molar-refractivity contribution in [1.82, 2.24) is 8.61 Å². The Hall–Kier alpha value is -1.39. The fourth-order valence-corrected chi connectivity index (χ4v) is 3.34. The maximum atomic E-state index is 12.4. The zero-order valence-corrected chi connectivity index (χ0v) is 13.7. The third kappa shape index (κ3) is 4.55. The molecule has 0 amide bonds. The van der Waals surface area contributed by atoms with E-state index in [1.54, 1.807) is 7.05 Å². The van der Waals surface area contributed by atoms with Crippen molar-refractivity contribution in [3.05, 3.63) is 35.4 Å². The van der Waals surface area contributed by atoms with E-state index in [2.05, 4.69) is 11.8 Å². The van der Waals surface area contributed by atoms with Crippen LogP contribution < -0.4 is 5.73 Å². The molecule has 2 N–H and O–H groups in total. The van der Waals surface area contributed by atoms with Crippen LogP contribution in [0, 0.1) is 11.8 Å². The van der Waals surface area contributed by atoms with E-state index in [1.807, 2.05) is 38.1 Å². The van der Waals surface area contributed by atoms with Crippen LogP contribution >= 0.6 is 0 Å². The molecule has 0 fully saturated rings. The Morgan fingerprint density at radius 2 is 1.81 bits per heavy atom. The monoisotopic (exact) mass is 309 g/mol. The molecule has 6 heteroatoms. The highest BCUT2D eigenvalue weighted by Gasteiger charge is 2.24. The molecule has 0 aliphatic heterocycles. The molecule has 116 valence electrons. The molecule has 1 aromatic rings. The van der Waals surface area contributed by atoms with E-state index in [0.717, 1.165) is 11.1 Å². The molecule has 0 radical (unpaired) electrons. The number of hydrogen-bond donors (Lipinski definition) is 1. The predicted octanol–water partition coefficient (Wildman–Crippen LogP) is 1.02. The van der Waals surface area contributed by atoms with Gasteiger partial charge in [-0.15, -0.1) is 0 Å². The maximum Gasteiger partial charge on any atom is 0.282 e. The van der Waals surface area contributed by atoms with Gasteiger partial charge in [-0.1, -0.05) is 43.9 Å². The minimum absolute atomic E-state index is 0.280. The molecule has 0 bridgehead atoms. The van der Waals surface area contributed by atoms with Crippen LogP contribution in [0.5, 0.6) is 0 Å². The Labute approximate surface area is 127 Å². The highest BCUT2D eigenvalue weighted by molar-refractivity contribution is 7.86. The average molecular weight is 309 g/mol. The van der Waals surface area contributed by atoms with Crippen LogP contribution in [0.3, 0.4) is 0 Å². The van der Waals surface area contributed by atoms with Gasteiger partial charge in [0.2, 0.25) is 0 Å². The van der Waals surface area contributed by atoms with Crippen LogP contribution in [0.25, 0.3) is 0 Å². The van der Waals surface area contributed by atoms with Gasteiger partial charge < -0.3 is 5.73 Å². The molecule has 1 aromatic carbocycles. The van der Waals surface area contributed by atoms with Gasteiger partial charge in [0, 0.05) is 32.2 Å². The van der Waals surface area contributed by atoms with Crippen LogP contribution in [-0.2, 0) is 16.8 Å². The summed E-state index contributed by atoms with van der Waals surface area (Å²) in [7, 11) is -1.86. The van der Waals surface area contributed by atoms with E-state index in [-0.39, 0.29) is 13.1 Å². The molecule has 5 nitrogen and oxygen atoms in total. The molecular weight excluding hydrogens is 286 g/mol. The molecule has 0 aliphatic rings. The standard InChI is InChI=1S/C15H23N3O2S/c1-4-18(5-2)21(19,20)17(3)13-15-10-7-6-9-14(15)11-8-12-16/h6-7,9-10H,4-5,12-13,16H2,1-3H3. The Morgan fingerprint density at radius 3 is 2.38 bits per heavy atom. The summed E-state index contributed by atoms with van der Waals surface area (Å²) in [4.78, 5) is 0. The Kier molecular flexibility index (Phi) is 6.85. The summed E-state index contributed by atoms with van der Waals surface area (Å²) in [6.45, 7) is 5.14. The van der Waals surface area contributed by atoms with Gasteiger partial charge in [-0.25, -0.2) is 0 Å². The van der Waals surface area contributed by atoms with E-state index in [1.165, 1.54) is 8.61 Å².